The van der Waals surface area contributed by atoms with E-state index in [1.165, 1.54) is 0 Å². The van der Waals surface area contributed by atoms with Crippen LogP contribution in [-0.2, 0) is 13.0 Å². The summed E-state index contributed by atoms with van der Waals surface area (Å²) in [6.45, 7) is 5.74. The number of halogens is 3. The standard InChI is InChI=1S/C15H23F3N2O/c1-3-7-19-11-12-9-13(4-2)20-14(10-12)21-8-5-6-15(16,17)18/h9-10,19H,3-8,11H2,1-2H3. The van der Waals surface area contributed by atoms with Crippen LogP contribution in [0.1, 0.15) is 44.4 Å². The third kappa shape index (κ3) is 7.90. The number of rotatable bonds is 9. The van der Waals surface area contributed by atoms with E-state index < -0.39 is 12.6 Å². The molecule has 3 nitrogen and oxygen atoms in total. The third-order valence-corrected chi connectivity index (χ3v) is 2.89. The lowest BCUT2D eigenvalue weighted by Gasteiger charge is -2.11. The molecule has 0 saturated heterocycles. The minimum Gasteiger partial charge on any atom is -0.478 e. The van der Waals surface area contributed by atoms with Crippen molar-refractivity contribution in [3.63, 3.8) is 0 Å². The van der Waals surface area contributed by atoms with E-state index in [-0.39, 0.29) is 13.0 Å². The Kier molecular flexibility index (Phi) is 7.50. The van der Waals surface area contributed by atoms with Crippen molar-refractivity contribution in [1.29, 1.82) is 0 Å². The van der Waals surface area contributed by atoms with Crippen LogP contribution in [0.5, 0.6) is 5.88 Å². The van der Waals surface area contributed by atoms with Gasteiger partial charge in [-0.3, -0.25) is 0 Å². The summed E-state index contributed by atoms with van der Waals surface area (Å²) in [5.74, 6) is 0.407. The summed E-state index contributed by atoms with van der Waals surface area (Å²) in [5, 5.41) is 3.28. The molecule has 0 unspecified atom stereocenters. The van der Waals surface area contributed by atoms with Crippen LogP contribution in [-0.4, -0.2) is 24.3 Å². The number of ether oxygens (including phenoxy) is 1. The predicted molar refractivity (Wildman–Crippen MR) is 76.4 cm³/mol. The van der Waals surface area contributed by atoms with Crippen LogP contribution in [0, 0.1) is 0 Å². The first-order chi connectivity index (χ1) is 9.94. The Bertz CT molecular complexity index is 422. The van der Waals surface area contributed by atoms with E-state index in [1.807, 2.05) is 13.0 Å². The topological polar surface area (TPSA) is 34.2 Å². The smallest absolute Gasteiger partial charge is 0.389 e. The van der Waals surface area contributed by atoms with E-state index in [0.29, 0.717) is 12.4 Å². The van der Waals surface area contributed by atoms with Gasteiger partial charge in [-0.05, 0) is 37.4 Å². The van der Waals surface area contributed by atoms with E-state index in [4.69, 9.17) is 4.74 Å². The van der Waals surface area contributed by atoms with Crippen molar-refractivity contribution in [2.24, 2.45) is 0 Å². The largest absolute Gasteiger partial charge is 0.478 e. The maximum atomic E-state index is 12.1. The Balaban J connectivity index is 2.53. The summed E-state index contributed by atoms with van der Waals surface area (Å²) in [4.78, 5) is 4.28. The molecule has 1 aromatic heterocycles. The summed E-state index contributed by atoms with van der Waals surface area (Å²) in [6, 6.07) is 3.78. The fourth-order valence-corrected chi connectivity index (χ4v) is 1.84. The van der Waals surface area contributed by atoms with Crippen molar-refractivity contribution in [1.82, 2.24) is 10.3 Å². The molecule has 0 aliphatic carbocycles. The number of aromatic nitrogens is 1. The highest BCUT2D eigenvalue weighted by Crippen LogP contribution is 2.21. The summed E-state index contributed by atoms with van der Waals surface area (Å²) in [6.07, 6.45) is -3.19. The molecule has 1 rings (SSSR count). The first kappa shape index (κ1) is 17.8. The maximum absolute atomic E-state index is 12.1. The number of nitrogens with zero attached hydrogens (tertiary/aromatic N) is 1. The zero-order valence-electron chi connectivity index (χ0n) is 12.6. The SMILES string of the molecule is CCCNCc1cc(CC)nc(OCCCC(F)(F)F)c1. The van der Waals surface area contributed by atoms with Gasteiger partial charge in [0, 0.05) is 24.7 Å². The second kappa shape index (κ2) is 8.87. The van der Waals surface area contributed by atoms with Gasteiger partial charge < -0.3 is 10.1 Å². The zero-order valence-corrected chi connectivity index (χ0v) is 12.6. The predicted octanol–water partition coefficient (Wildman–Crippen LogP) is 3.86. The number of nitrogens with one attached hydrogen (secondary N) is 1. The number of hydrogen-bond acceptors (Lipinski definition) is 3. The molecule has 120 valence electrons. The summed E-state index contributed by atoms with van der Waals surface area (Å²) in [7, 11) is 0. The molecule has 1 N–H and O–H groups in total. The average molecular weight is 304 g/mol. The molecule has 0 bridgehead atoms. The van der Waals surface area contributed by atoms with Gasteiger partial charge in [0.15, 0.2) is 0 Å². The Hall–Kier alpha value is -1.30. The minimum atomic E-state index is -4.13. The molecule has 0 radical (unpaired) electrons. The average Bonchev–Trinajstić information content (AvgIpc) is 2.43. The lowest BCUT2D eigenvalue weighted by molar-refractivity contribution is -0.136. The van der Waals surface area contributed by atoms with Gasteiger partial charge in [-0.25, -0.2) is 4.98 Å². The third-order valence-electron chi connectivity index (χ3n) is 2.89. The Labute approximate surface area is 123 Å². The highest BCUT2D eigenvalue weighted by Gasteiger charge is 2.26. The molecular weight excluding hydrogens is 281 g/mol. The number of alkyl halides is 3. The van der Waals surface area contributed by atoms with E-state index in [2.05, 4.69) is 17.2 Å². The van der Waals surface area contributed by atoms with E-state index in [9.17, 15) is 13.2 Å². The van der Waals surface area contributed by atoms with Crippen molar-refractivity contribution in [2.75, 3.05) is 13.2 Å². The summed E-state index contributed by atoms with van der Waals surface area (Å²) < 4.78 is 41.5. The number of aryl methyl sites for hydroxylation is 1. The van der Waals surface area contributed by atoms with Crippen LogP contribution in [0.25, 0.3) is 0 Å². The van der Waals surface area contributed by atoms with Gasteiger partial charge >= 0.3 is 6.18 Å². The van der Waals surface area contributed by atoms with Gasteiger partial charge in [-0.2, -0.15) is 13.2 Å². The van der Waals surface area contributed by atoms with E-state index in [0.717, 1.165) is 30.6 Å². The van der Waals surface area contributed by atoms with Crippen molar-refractivity contribution >= 4 is 0 Å². The first-order valence-electron chi connectivity index (χ1n) is 7.34. The fraction of sp³-hybridized carbons (Fsp3) is 0.667. The van der Waals surface area contributed by atoms with Crippen LogP contribution in [0.2, 0.25) is 0 Å². The van der Waals surface area contributed by atoms with Gasteiger partial charge in [0.2, 0.25) is 5.88 Å². The number of pyridine rings is 1. The number of hydrogen-bond donors (Lipinski definition) is 1. The maximum Gasteiger partial charge on any atom is 0.389 e. The first-order valence-corrected chi connectivity index (χ1v) is 7.34. The second-order valence-electron chi connectivity index (χ2n) is 4.90. The monoisotopic (exact) mass is 304 g/mol. The fourth-order valence-electron chi connectivity index (χ4n) is 1.84. The van der Waals surface area contributed by atoms with Crippen molar-refractivity contribution < 1.29 is 17.9 Å². The Morgan fingerprint density at radius 3 is 2.62 bits per heavy atom. The lowest BCUT2D eigenvalue weighted by atomic mass is 10.2. The second-order valence-corrected chi connectivity index (χ2v) is 4.90. The Morgan fingerprint density at radius 1 is 1.24 bits per heavy atom. The van der Waals surface area contributed by atoms with Gasteiger partial charge in [-0.15, -0.1) is 0 Å². The molecule has 0 amide bonds. The Morgan fingerprint density at radius 2 is 2.00 bits per heavy atom. The van der Waals surface area contributed by atoms with E-state index >= 15 is 0 Å². The van der Waals surface area contributed by atoms with Crippen LogP contribution < -0.4 is 10.1 Å². The van der Waals surface area contributed by atoms with Crippen molar-refractivity contribution in [2.45, 2.75) is 52.3 Å². The lowest BCUT2D eigenvalue weighted by Crippen LogP contribution is -2.14. The minimum absolute atomic E-state index is 0.0293. The molecule has 21 heavy (non-hydrogen) atoms. The molecule has 0 aliphatic heterocycles. The van der Waals surface area contributed by atoms with Gasteiger partial charge in [-0.1, -0.05) is 13.8 Å². The normalized spacial score (nSPS) is 11.7. The van der Waals surface area contributed by atoms with Crippen LogP contribution in [0.15, 0.2) is 12.1 Å². The molecule has 1 heterocycles. The molecule has 0 atom stereocenters. The van der Waals surface area contributed by atoms with Gasteiger partial charge in [0.25, 0.3) is 0 Å². The molecule has 0 saturated carbocycles. The molecule has 0 aromatic carbocycles. The van der Waals surface area contributed by atoms with Crippen molar-refractivity contribution in [3.8, 4) is 5.88 Å². The molecule has 1 aromatic rings. The molecule has 0 fully saturated rings. The quantitative estimate of drug-likeness (QED) is 0.703. The van der Waals surface area contributed by atoms with Crippen LogP contribution >= 0.6 is 0 Å². The molecule has 0 spiro atoms. The highest BCUT2D eigenvalue weighted by atomic mass is 19.4. The van der Waals surface area contributed by atoms with Gasteiger partial charge in [0.05, 0.1) is 6.61 Å². The van der Waals surface area contributed by atoms with Crippen LogP contribution in [0.3, 0.4) is 0 Å². The summed E-state index contributed by atoms with van der Waals surface area (Å²) >= 11 is 0. The zero-order chi connectivity index (χ0) is 15.7. The highest BCUT2D eigenvalue weighted by molar-refractivity contribution is 5.25. The summed E-state index contributed by atoms with van der Waals surface area (Å²) in [5.41, 5.74) is 1.93. The van der Waals surface area contributed by atoms with Crippen molar-refractivity contribution in [3.05, 3.63) is 23.4 Å². The molecule has 0 aliphatic rings. The van der Waals surface area contributed by atoms with Crippen LogP contribution in [0.4, 0.5) is 13.2 Å². The molecule has 6 heteroatoms. The molecular formula is C15H23F3N2O. The van der Waals surface area contributed by atoms with Gasteiger partial charge in [0.1, 0.15) is 0 Å². The van der Waals surface area contributed by atoms with E-state index in [1.54, 1.807) is 6.07 Å².